The van der Waals surface area contributed by atoms with E-state index in [1.165, 1.54) is 0 Å². The molecule has 0 radical (unpaired) electrons. The third-order valence-electron chi connectivity index (χ3n) is 2.99. The Hall–Kier alpha value is -1.59. The maximum Gasteiger partial charge on any atom is 0.235 e. The number of nitrogens with one attached hydrogen (secondary N) is 1. The number of nitriles is 2. The Morgan fingerprint density at radius 3 is 2.44 bits per heavy atom. The fraction of sp³-hybridized carbons (Fsp3) is 0.769. The van der Waals surface area contributed by atoms with Gasteiger partial charge in [-0.2, -0.15) is 10.5 Å². The van der Waals surface area contributed by atoms with Crippen LogP contribution in [0.25, 0.3) is 0 Å². The Morgan fingerprint density at radius 2 is 2.06 bits per heavy atom. The summed E-state index contributed by atoms with van der Waals surface area (Å²) in [6, 6.07) is 4.17. The molecule has 0 aliphatic carbocycles. The number of amides is 1. The van der Waals surface area contributed by atoms with Crippen LogP contribution in [-0.4, -0.2) is 36.0 Å². The Kier molecular flexibility index (Phi) is 7.00. The van der Waals surface area contributed by atoms with Gasteiger partial charge in [0.1, 0.15) is 5.54 Å². The first kappa shape index (κ1) is 16.4. The van der Waals surface area contributed by atoms with E-state index in [2.05, 4.69) is 11.4 Å². The molecule has 18 heavy (non-hydrogen) atoms. The highest BCUT2D eigenvalue weighted by atomic mass is 16.2. The van der Waals surface area contributed by atoms with Crippen molar-refractivity contribution in [3.8, 4) is 12.1 Å². The molecule has 0 aromatic heterocycles. The molecule has 1 amide bonds. The number of rotatable bonds is 7. The third kappa shape index (κ3) is 5.16. The highest BCUT2D eigenvalue weighted by molar-refractivity contribution is 5.79. The van der Waals surface area contributed by atoms with Gasteiger partial charge in [0.25, 0.3) is 0 Å². The molecular weight excluding hydrogens is 228 g/mol. The minimum absolute atomic E-state index is 0.0297. The first-order chi connectivity index (χ1) is 8.39. The predicted octanol–water partition coefficient (Wildman–Crippen LogP) is 1.28. The van der Waals surface area contributed by atoms with Crippen LogP contribution in [0.15, 0.2) is 0 Å². The number of carbonyl (C=O) groups excluding carboxylic acids is 1. The van der Waals surface area contributed by atoms with Crippen LogP contribution < -0.4 is 5.32 Å². The molecule has 0 rings (SSSR count). The second-order valence-corrected chi connectivity index (χ2v) is 4.89. The SMILES string of the molecule is CCCN(CC#N)CC(=O)NC(C)(C#N)C(C)C. The zero-order valence-electron chi connectivity index (χ0n) is 11.7. The molecule has 5 nitrogen and oxygen atoms in total. The maximum atomic E-state index is 11.9. The lowest BCUT2D eigenvalue weighted by Crippen LogP contribution is -2.51. The van der Waals surface area contributed by atoms with Crippen molar-refractivity contribution in [2.24, 2.45) is 5.92 Å². The van der Waals surface area contributed by atoms with Gasteiger partial charge in [-0.05, 0) is 25.8 Å². The van der Waals surface area contributed by atoms with E-state index in [9.17, 15) is 4.79 Å². The van der Waals surface area contributed by atoms with Crippen molar-refractivity contribution in [3.63, 3.8) is 0 Å². The van der Waals surface area contributed by atoms with Crippen LogP contribution in [0.2, 0.25) is 0 Å². The van der Waals surface area contributed by atoms with E-state index >= 15 is 0 Å². The van der Waals surface area contributed by atoms with E-state index in [0.29, 0.717) is 6.54 Å². The summed E-state index contributed by atoms with van der Waals surface area (Å²) in [6.07, 6.45) is 0.884. The van der Waals surface area contributed by atoms with Gasteiger partial charge in [-0.25, -0.2) is 0 Å². The van der Waals surface area contributed by atoms with Gasteiger partial charge in [0, 0.05) is 0 Å². The molecule has 0 saturated carbocycles. The quantitative estimate of drug-likeness (QED) is 0.690. The molecule has 5 heteroatoms. The van der Waals surface area contributed by atoms with Crippen LogP contribution in [0.3, 0.4) is 0 Å². The van der Waals surface area contributed by atoms with Gasteiger partial charge >= 0.3 is 0 Å². The fourth-order valence-corrected chi connectivity index (χ4v) is 1.46. The van der Waals surface area contributed by atoms with Crippen LogP contribution in [0.4, 0.5) is 0 Å². The van der Waals surface area contributed by atoms with Gasteiger partial charge < -0.3 is 5.32 Å². The molecule has 0 aromatic rings. The van der Waals surface area contributed by atoms with Crippen molar-refractivity contribution in [1.82, 2.24) is 10.2 Å². The number of hydrogen-bond acceptors (Lipinski definition) is 4. The molecule has 0 aliphatic heterocycles. The lowest BCUT2D eigenvalue weighted by Gasteiger charge is -2.28. The topological polar surface area (TPSA) is 79.9 Å². The summed E-state index contributed by atoms with van der Waals surface area (Å²) in [7, 11) is 0. The standard InChI is InChI=1S/C13H22N4O/c1-5-7-17(8-6-14)9-12(18)16-13(4,10-15)11(2)3/h11H,5,7-9H2,1-4H3,(H,16,18). The summed E-state index contributed by atoms with van der Waals surface area (Å²) >= 11 is 0. The van der Waals surface area contributed by atoms with Gasteiger partial charge in [-0.3, -0.25) is 9.69 Å². The van der Waals surface area contributed by atoms with Crippen molar-refractivity contribution in [2.45, 2.75) is 39.7 Å². The van der Waals surface area contributed by atoms with Gasteiger partial charge in [0.15, 0.2) is 0 Å². The first-order valence-electron chi connectivity index (χ1n) is 6.21. The van der Waals surface area contributed by atoms with Gasteiger partial charge in [0.2, 0.25) is 5.91 Å². The monoisotopic (exact) mass is 250 g/mol. The largest absolute Gasteiger partial charge is 0.337 e. The van der Waals surface area contributed by atoms with Crippen molar-refractivity contribution in [2.75, 3.05) is 19.6 Å². The van der Waals surface area contributed by atoms with Crippen LogP contribution in [-0.2, 0) is 4.79 Å². The second-order valence-electron chi connectivity index (χ2n) is 4.89. The summed E-state index contributed by atoms with van der Waals surface area (Å²) in [5.74, 6) is -0.182. The number of nitrogens with zero attached hydrogens (tertiary/aromatic N) is 3. The van der Waals surface area contributed by atoms with E-state index in [4.69, 9.17) is 10.5 Å². The average molecular weight is 250 g/mol. The molecule has 100 valence electrons. The molecule has 1 N–H and O–H groups in total. The van der Waals surface area contributed by atoms with Crippen LogP contribution in [0.1, 0.15) is 34.1 Å². The normalized spacial score (nSPS) is 13.8. The van der Waals surface area contributed by atoms with Gasteiger partial charge in [0.05, 0.1) is 25.2 Å². The molecule has 1 atom stereocenters. The minimum Gasteiger partial charge on any atom is -0.337 e. The summed E-state index contributed by atoms with van der Waals surface area (Å²) in [6.45, 7) is 8.58. The molecule has 0 spiro atoms. The zero-order valence-corrected chi connectivity index (χ0v) is 11.7. The summed E-state index contributed by atoms with van der Waals surface area (Å²) in [5, 5.41) is 20.5. The summed E-state index contributed by atoms with van der Waals surface area (Å²) in [4.78, 5) is 13.6. The Morgan fingerprint density at radius 1 is 1.44 bits per heavy atom. The molecule has 0 bridgehead atoms. The predicted molar refractivity (Wildman–Crippen MR) is 69.3 cm³/mol. The van der Waals surface area contributed by atoms with E-state index in [0.717, 1.165) is 6.42 Å². The average Bonchev–Trinajstić information content (AvgIpc) is 2.29. The molecule has 0 aliphatic rings. The van der Waals surface area contributed by atoms with Crippen molar-refractivity contribution < 1.29 is 4.79 Å². The van der Waals surface area contributed by atoms with Crippen molar-refractivity contribution in [3.05, 3.63) is 0 Å². The highest BCUT2D eigenvalue weighted by Gasteiger charge is 2.30. The molecule has 0 heterocycles. The molecular formula is C13H22N4O. The van der Waals surface area contributed by atoms with Crippen LogP contribution in [0.5, 0.6) is 0 Å². The molecule has 1 unspecified atom stereocenters. The Balaban J connectivity index is 4.50. The van der Waals surface area contributed by atoms with E-state index in [1.54, 1.807) is 11.8 Å². The van der Waals surface area contributed by atoms with E-state index in [1.807, 2.05) is 26.8 Å². The van der Waals surface area contributed by atoms with Crippen molar-refractivity contribution in [1.29, 1.82) is 10.5 Å². The minimum atomic E-state index is -0.860. The maximum absolute atomic E-state index is 11.9. The number of hydrogen-bond donors (Lipinski definition) is 1. The lowest BCUT2D eigenvalue weighted by atomic mass is 9.90. The van der Waals surface area contributed by atoms with E-state index < -0.39 is 5.54 Å². The van der Waals surface area contributed by atoms with Gasteiger partial charge in [-0.15, -0.1) is 0 Å². The van der Waals surface area contributed by atoms with Crippen molar-refractivity contribution >= 4 is 5.91 Å². The highest BCUT2D eigenvalue weighted by Crippen LogP contribution is 2.14. The summed E-state index contributed by atoms with van der Waals surface area (Å²) in [5.41, 5.74) is -0.860. The fourth-order valence-electron chi connectivity index (χ4n) is 1.46. The molecule has 0 fully saturated rings. The van der Waals surface area contributed by atoms with Crippen LogP contribution >= 0.6 is 0 Å². The van der Waals surface area contributed by atoms with E-state index in [-0.39, 0.29) is 24.9 Å². The zero-order chi connectivity index (χ0) is 14.2. The molecule has 0 saturated heterocycles. The lowest BCUT2D eigenvalue weighted by molar-refractivity contribution is -0.123. The van der Waals surface area contributed by atoms with Crippen LogP contribution in [0, 0.1) is 28.6 Å². The summed E-state index contributed by atoms with van der Waals surface area (Å²) < 4.78 is 0. The Bertz CT molecular complexity index is 353. The number of carbonyl (C=O) groups is 1. The molecule has 0 aromatic carbocycles. The third-order valence-corrected chi connectivity index (χ3v) is 2.99. The van der Waals surface area contributed by atoms with Gasteiger partial charge in [-0.1, -0.05) is 20.8 Å². The first-order valence-corrected chi connectivity index (χ1v) is 6.21. The smallest absolute Gasteiger partial charge is 0.235 e. The second kappa shape index (κ2) is 7.68. The Labute approximate surface area is 109 Å².